The van der Waals surface area contributed by atoms with Crippen molar-refractivity contribution in [2.75, 3.05) is 54.0 Å². The third-order valence-corrected chi connectivity index (χ3v) is 5.00. The zero-order valence-electron chi connectivity index (χ0n) is 15.0. The van der Waals surface area contributed by atoms with Crippen LogP contribution < -0.4 is 14.7 Å². The fraction of sp³-hybridized carbons (Fsp3) is 0.556. The van der Waals surface area contributed by atoms with Crippen LogP contribution in [0.15, 0.2) is 18.5 Å². The number of hydrogen-bond acceptors (Lipinski definition) is 7. The molecule has 0 radical (unpaired) electrons. The Hall–Kier alpha value is -2.44. The highest BCUT2D eigenvalue weighted by atomic mass is 15.3. The van der Waals surface area contributed by atoms with Crippen LogP contribution in [0.2, 0.25) is 0 Å². The molecule has 0 aromatic carbocycles. The van der Waals surface area contributed by atoms with Crippen molar-refractivity contribution >= 4 is 17.5 Å². The van der Waals surface area contributed by atoms with Crippen LogP contribution in [-0.2, 0) is 0 Å². The lowest BCUT2D eigenvalue weighted by molar-refractivity contribution is 0.637. The van der Waals surface area contributed by atoms with Crippen LogP contribution in [0.1, 0.15) is 24.4 Å². The molecule has 0 unspecified atom stereocenters. The molecule has 2 fully saturated rings. The molecule has 0 saturated carbocycles. The second kappa shape index (κ2) is 6.82. The average molecular weight is 339 g/mol. The number of hydrogen-bond donors (Lipinski definition) is 0. The largest absolute Gasteiger partial charge is 0.356 e. The van der Waals surface area contributed by atoms with Crippen LogP contribution in [0, 0.1) is 13.8 Å². The number of aromatic nitrogens is 4. The molecule has 2 aromatic heterocycles. The van der Waals surface area contributed by atoms with E-state index in [2.05, 4.69) is 40.7 Å². The lowest BCUT2D eigenvalue weighted by Crippen LogP contribution is -2.47. The normalized spacial score (nSPS) is 18.1. The highest BCUT2D eigenvalue weighted by Crippen LogP contribution is 2.24. The maximum absolute atomic E-state index is 4.69. The van der Waals surface area contributed by atoms with Crippen molar-refractivity contribution in [1.29, 1.82) is 0 Å². The molecule has 7 nitrogen and oxygen atoms in total. The van der Waals surface area contributed by atoms with E-state index in [0.29, 0.717) is 0 Å². The van der Waals surface area contributed by atoms with Gasteiger partial charge < -0.3 is 14.7 Å². The number of aryl methyl sites for hydroxylation is 2. The molecule has 0 atom stereocenters. The smallest absolute Gasteiger partial charge is 0.150 e. The molecule has 2 aliphatic heterocycles. The number of rotatable bonds is 3. The van der Waals surface area contributed by atoms with Crippen molar-refractivity contribution in [2.24, 2.45) is 0 Å². The van der Waals surface area contributed by atoms with Gasteiger partial charge in [-0.25, -0.2) is 15.0 Å². The second-order valence-corrected chi connectivity index (χ2v) is 6.77. The molecule has 2 aromatic rings. The van der Waals surface area contributed by atoms with Crippen LogP contribution in [-0.4, -0.2) is 59.2 Å². The Morgan fingerprint density at radius 3 is 1.92 bits per heavy atom. The predicted molar refractivity (Wildman–Crippen MR) is 99.4 cm³/mol. The highest BCUT2D eigenvalue weighted by Gasteiger charge is 2.22. The van der Waals surface area contributed by atoms with Gasteiger partial charge in [0.25, 0.3) is 0 Å². The van der Waals surface area contributed by atoms with Gasteiger partial charge in [0.1, 0.15) is 23.3 Å². The van der Waals surface area contributed by atoms with Crippen molar-refractivity contribution in [3.63, 3.8) is 0 Å². The molecule has 2 saturated heterocycles. The molecule has 25 heavy (non-hydrogen) atoms. The van der Waals surface area contributed by atoms with Gasteiger partial charge in [-0.3, -0.25) is 4.98 Å². The van der Waals surface area contributed by atoms with Crippen LogP contribution in [0.5, 0.6) is 0 Å². The maximum Gasteiger partial charge on any atom is 0.150 e. The van der Waals surface area contributed by atoms with E-state index in [1.807, 2.05) is 13.8 Å². The molecular formula is C18H25N7. The Morgan fingerprint density at radius 2 is 1.28 bits per heavy atom. The molecule has 132 valence electrons. The Morgan fingerprint density at radius 1 is 0.720 bits per heavy atom. The van der Waals surface area contributed by atoms with E-state index in [4.69, 9.17) is 0 Å². The van der Waals surface area contributed by atoms with E-state index in [9.17, 15) is 0 Å². The monoisotopic (exact) mass is 339 g/mol. The topological polar surface area (TPSA) is 61.3 Å². The number of piperazine rings is 1. The third kappa shape index (κ3) is 3.36. The summed E-state index contributed by atoms with van der Waals surface area (Å²) in [5.74, 6) is 3.97. The predicted octanol–water partition coefficient (Wildman–Crippen LogP) is 1.81. The van der Waals surface area contributed by atoms with Gasteiger partial charge in [0.2, 0.25) is 0 Å². The Labute approximate surface area is 148 Å². The first-order valence-corrected chi connectivity index (χ1v) is 9.09. The number of nitrogens with zero attached hydrogens (tertiary/aromatic N) is 7. The Balaban J connectivity index is 1.48. The maximum atomic E-state index is 4.69. The fourth-order valence-corrected chi connectivity index (χ4v) is 3.66. The first-order chi connectivity index (χ1) is 12.2. The van der Waals surface area contributed by atoms with Crippen LogP contribution in [0.4, 0.5) is 17.5 Å². The molecule has 0 aliphatic carbocycles. The van der Waals surface area contributed by atoms with Gasteiger partial charge in [-0.1, -0.05) is 0 Å². The summed E-state index contributed by atoms with van der Waals surface area (Å²) in [6.07, 6.45) is 6.03. The van der Waals surface area contributed by atoms with Crippen LogP contribution in [0.25, 0.3) is 0 Å². The minimum absolute atomic E-state index is 0.853. The molecule has 4 rings (SSSR count). The van der Waals surface area contributed by atoms with Gasteiger partial charge in [-0.05, 0) is 26.7 Å². The Kier molecular flexibility index (Phi) is 4.38. The zero-order valence-corrected chi connectivity index (χ0v) is 15.0. The van der Waals surface area contributed by atoms with E-state index in [-0.39, 0.29) is 0 Å². The van der Waals surface area contributed by atoms with Gasteiger partial charge in [0.15, 0.2) is 0 Å². The van der Waals surface area contributed by atoms with Gasteiger partial charge >= 0.3 is 0 Å². The van der Waals surface area contributed by atoms with Crippen molar-refractivity contribution in [2.45, 2.75) is 26.7 Å². The third-order valence-electron chi connectivity index (χ3n) is 5.00. The first-order valence-electron chi connectivity index (χ1n) is 9.09. The quantitative estimate of drug-likeness (QED) is 0.845. The van der Waals surface area contributed by atoms with Gasteiger partial charge in [-0.15, -0.1) is 0 Å². The summed E-state index contributed by atoms with van der Waals surface area (Å²) in [6.45, 7) is 9.96. The SMILES string of the molecule is Cc1nc(N2CCCC2)cc(N2CCN(c3nccnc3C)CC2)n1. The molecule has 4 heterocycles. The summed E-state index contributed by atoms with van der Waals surface area (Å²) < 4.78 is 0. The first kappa shape index (κ1) is 16.1. The van der Waals surface area contributed by atoms with Gasteiger partial charge in [0.05, 0.1) is 5.69 Å². The number of anilines is 3. The van der Waals surface area contributed by atoms with Crippen molar-refractivity contribution in [1.82, 2.24) is 19.9 Å². The summed E-state index contributed by atoms with van der Waals surface area (Å²) >= 11 is 0. The van der Waals surface area contributed by atoms with E-state index < -0.39 is 0 Å². The molecule has 7 heteroatoms. The van der Waals surface area contributed by atoms with E-state index >= 15 is 0 Å². The minimum atomic E-state index is 0.853. The van der Waals surface area contributed by atoms with Crippen molar-refractivity contribution in [3.8, 4) is 0 Å². The molecule has 0 spiro atoms. The summed E-state index contributed by atoms with van der Waals surface area (Å²) in [7, 11) is 0. The van der Waals surface area contributed by atoms with Crippen LogP contribution in [0.3, 0.4) is 0 Å². The van der Waals surface area contributed by atoms with E-state index in [0.717, 1.165) is 68.2 Å². The van der Waals surface area contributed by atoms with Crippen molar-refractivity contribution < 1.29 is 0 Å². The van der Waals surface area contributed by atoms with Crippen molar-refractivity contribution in [3.05, 3.63) is 30.0 Å². The Bertz CT molecular complexity index is 734. The molecule has 0 bridgehead atoms. The molecule has 0 N–H and O–H groups in total. The summed E-state index contributed by atoms with van der Waals surface area (Å²) in [5, 5.41) is 0. The summed E-state index contributed by atoms with van der Waals surface area (Å²) in [6, 6.07) is 2.15. The lowest BCUT2D eigenvalue weighted by atomic mass is 10.3. The summed E-state index contributed by atoms with van der Waals surface area (Å²) in [4.78, 5) is 25.2. The molecule has 2 aliphatic rings. The molecular weight excluding hydrogens is 314 g/mol. The standard InChI is InChI=1S/C18H25N7/c1-14-18(20-6-5-19-14)25-11-9-24(10-12-25)17-13-16(21-15(2)22-17)23-7-3-4-8-23/h5-6,13H,3-4,7-12H2,1-2H3. The zero-order chi connectivity index (χ0) is 17.2. The van der Waals surface area contributed by atoms with Crippen LogP contribution >= 0.6 is 0 Å². The minimum Gasteiger partial charge on any atom is -0.356 e. The highest BCUT2D eigenvalue weighted by molar-refractivity contribution is 5.53. The molecule has 0 amide bonds. The fourth-order valence-electron chi connectivity index (χ4n) is 3.66. The lowest BCUT2D eigenvalue weighted by Gasteiger charge is -2.36. The van der Waals surface area contributed by atoms with E-state index in [1.165, 1.54) is 12.8 Å². The average Bonchev–Trinajstić information content (AvgIpc) is 3.17. The second-order valence-electron chi connectivity index (χ2n) is 6.77. The van der Waals surface area contributed by atoms with E-state index in [1.54, 1.807) is 12.4 Å². The summed E-state index contributed by atoms with van der Waals surface area (Å²) in [5.41, 5.74) is 0.991. The van der Waals surface area contributed by atoms with Gasteiger partial charge in [-0.2, -0.15) is 0 Å². The van der Waals surface area contributed by atoms with Gasteiger partial charge in [0, 0.05) is 57.7 Å².